The largest absolute Gasteiger partial charge is 0.481 e. The van der Waals surface area contributed by atoms with Crippen molar-refractivity contribution in [1.29, 1.82) is 0 Å². The normalized spacial score (nSPS) is 10.5. The van der Waals surface area contributed by atoms with E-state index in [0.717, 1.165) is 11.3 Å². The quantitative estimate of drug-likeness (QED) is 0.842. The van der Waals surface area contributed by atoms with Crippen LogP contribution in [0, 0.1) is 0 Å². The number of thiol groups is 1. The lowest BCUT2D eigenvalue weighted by molar-refractivity contribution is 0.398. The first-order valence-electron chi connectivity index (χ1n) is 4.96. The van der Waals surface area contributed by atoms with Gasteiger partial charge in [0.25, 0.3) is 0 Å². The minimum absolute atomic E-state index is 0.298. The highest BCUT2D eigenvalue weighted by Crippen LogP contribution is 2.20. The molecule has 1 aromatic carbocycles. The molecule has 88 valence electrons. The summed E-state index contributed by atoms with van der Waals surface area (Å²) in [5.41, 5.74) is 1.60. The van der Waals surface area contributed by atoms with Crippen molar-refractivity contribution in [3.63, 3.8) is 0 Å². The molecule has 0 aliphatic rings. The smallest absolute Gasteiger partial charge is 0.213 e. The minimum Gasteiger partial charge on any atom is -0.481 e. The fourth-order valence-corrected chi connectivity index (χ4v) is 1.84. The first-order valence-corrected chi connectivity index (χ1v) is 6.14. The van der Waals surface area contributed by atoms with Crippen LogP contribution in [0.5, 0.6) is 5.88 Å². The molecule has 1 heterocycles. The zero-order valence-electron chi connectivity index (χ0n) is 9.16. The van der Waals surface area contributed by atoms with Crippen LogP contribution < -0.4 is 4.74 Å². The van der Waals surface area contributed by atoms with Gasteiger partial charge in [0.15, 0.2) is 10.7 Å². The summed E-state index contributed by atoms with van der Waals surface area (Å²) in [5, 5.41) is 0. The molecule has 0 saturated heterocycles. The van der Waals surface area contributed by atoms with Crippen LogP contribution in [-0.2, 0) is 10.7 Å². The lowest BCUT2D eigenvalue weighted by atomic mass is 10.1. The van der Waals surface area contributed by atoms with Crippen LogP contribution in [0.2, 0.25) is 0 Å². The van der Waals surface area contributed by atoms with E-state index in [4.69, 9.17) is 4.74 Å². The Balaban J connectivity index is 2.39. The van der Waals surface area contributed by atoms with Crippen LogP contribution in [-0.4, -0.2) is 20.5 Å². The van der Waals surface area contributed by atoms with E-state index < -0.39 is 10.7 Å². The molecule has 0 saturated carbocycles. The van der Waals surface area contributed by atoms with Crippen molar-refractivity contribution in [3.8, 4) is 17.1 Å². The predicted octanol–water partition coefficient (Wildman–Crippen LogP) is 1.73. The zero-order chi connectivity index (χ0) is 12.3. The summed E-state index contributed by atoms with van der Waals surface area (Å²) in [4.78, 5) is 4.56. The van der Waals surface area contributed by atoms with Crippen molar-refractivity contribution in [3.05, 3.63) is 42.5 Å². The fraction of sp³-hybridized carbons (Fsp3) is 0.0833. The second-order valence-corrected chi connectivity index (χ2v) is 4.40. The maximum atomic E-state index is 10.8. The van der Waals surface area contributed by atoms with Gasteiger partial charge < -0.3 is 4.74 Å². The number of ether oxygens (including phenoxy) is 1. The summed E-state index contributed by atoms with van der Waals surface area (Å²) in [5.74, 6) is 0.529. The Hall–Kier alpha value is -1.88. The predicted molar refractivity (Wildman–Crippen MR) is 64.8 cm³/mol. The molecule has 2 aromatic rings. The summed E-state index contributed by atoms with van der Waals surface area (Å²) < 4.78 is 26.5. The van der Waals surface area contributed by atoms with E-state index in [1.807, 2.05) is 12.1 Å². The molecular weight excluding hydrogens is 238 g/mol. The maximum Gasteiger partial charge on any atom is 0.213 e. The van der Waals surface area contributed by atoms with Crippen LogP contribution in [0.4, 0.5) is 0 Å². The number of hydrogen-bond acceptors (Lipinski definition) is 4. The molecule has 0 bridgehead atoms. The van der Waals surface area contributed by atoms with Gasteiger partial charge in [-0.3, -0.25) is 0 Å². The van der Waals surface area contributed by atoms with Crippen LogP contribution in [0.1, 0.15) is 0 Å². The van der Waals surface area contributed by atoms with Crippen LogP contribution >= 0.6 is 0 Å². The van der Waals surface area contributed by atoms with Crippen molar-refractivity contribution in [1.82, 2.24) is 4.98 Å². The Morgan fingerprint density at radius 3 is 2.35 bits per heavy atom. The summed E-state index contributed by atoms with van der Waals surface area (Å²) in [6.07, 6.45) is 0. The van der Waals surface area contributed by atoms with Crippen LogP contribution in [0.3, 0.4) is 0 Å². The van der Waals surface area contributed by atoms with Crippen molar-refractivity contribution in [2.75, 3.05) is 7.11 Å². The summed E-state index contributed by atoms with van der Waals surface area (Å²) in [6.45, 7) is 0. The van der Waals surface area contributed by atoms with E-state index in [9.17, 15) is 8.42 Å². The van der Waals surface area contributed by atoms with Gasteiger partial charge >= 0.3 is 0 Å². The standard InChI is InChI=1S/C12H11NO3S/c1-16-12-4-2-3-11(13-12)9-5-7-10(8-6-9)17(14)15/h2-8,17H,1H3. The number of pyridine rings is 1. The van der Waals surface area contributed by atoms with Gasteiger partial charge in [-0.25, -0.2) is 13.4 Å². The van der Waals surface area contributed by atoms with E-state index in [1.165, 1.54) is 0 Å². The molecule has 0 aliphatic heterocycles. The molecule has 0 radical (unpaired) electrons. The number of hydrogen-bond donors (Lipinski definition) is 1. The van der Waals surface area contributed by atoms with E-state index >= 15 is 0 Å². The van der Waals surface area contributed by atoms with Crippen molar-refractivity contribution in [2.24, 2.45) is 0 Å². The maximum absolute atomic E-state index is 10.8. The molecule has 0 spiro atoms. The van der Waals surface area contributed by atoms with Crippen molar-refractivity contribution >= 4 is 10.7 Å². The number of aromatic nitrogens is 1. The molecular formula is C12H11NO3S. The Kier molecular flexibility index (Phi) is 3.39. The van der Waals surface area contributed by atoms with Gasteiger partial charge in [-0.2, -0.15) is 0 Å². The molecule has 2 rings (SSSR count). The number of methoxy groups -OCH3 is 1. The molecule has 0 aliphatic carbocycles. The molecule has 0 atom stereocenters. The molecule has 0 amide bonds. The average molecular weight is 249 g/mol. The third kappa shape index (κ3) is 2.62. The van der Waals surface area contributed by atoms with Gasteiger partial charge in [-0.05, 0) is 18.2 Å². The second-order valence-electron chi connectivity index (χ2n) is 3.37. The number of rotatable bonds is 3. The van der Waals surface area contributed by atoms with Gasteiger partial charge in [-0.1, -0.05) is 18.2 Å². The van der Waals surface area contributed by atoms with Crippen LogP contribution in [0.15, 0.2) is 47.4 Å². The SMILES string of the molecule is COc1cccc(-c2ccc([SH](=O)=O)cc2)n1. The lowest BCUT2D eigenvalue weighted by Crippen LogP contribution is -1.89. The molecule has 1 aromatic heterocycles. The minimum atomic E-state index is -2.53. The van der Waals surface area contributed by atoms with Gasteiger partial charge in [0, 0.05) is 11.6 Å². The van der Waals surface area contributed by atoms with Crippen molar-refractivity contribution in [2.45, 2.75) is 4.90 Å². The Morgan fingerprint density at radius 1 is 1.06 bits per heavy atom. The van der Waals surface area contributed by atoms with Crippen LogP contribution in [0.25, 0.3) is 11.3 Å². The Bertz CT molecular complexity index is 583. The van der Waals surface area contributed by atoms with Gasteiger partial charge in [0.1, 0.15) is 0 Å². The second kappa shape index (κ2) is 4.97. The van der Waals surface area contributed by atoms with E-state index in [0.29, 0.717) is 10.8 Å². The molecule has 5 heteroatoms. The molecule has 0 N–H and O–H groups in total. The molecule has 0 fully saturated rings. The summed E-state index contributed by atoms with van der Waals surface area (Å²) >= 11 is 0. The first kappa shape index (κ1) is 11.6. The number of nitrogens with zero attached hydrogens (tertiary/aromatic N) is 1. The highest BCUT2D eigenvalue weighted by atomic mass is 32.2. The Morgan fingerprint density at radius 2 is 1.76 bits per heavy atom. The highest BCUT2D eigenvalue weighted by molar-refractivity contribution is 7.72. The molecule has 4 nitrogen and oxygen atoms in total. The zero-order valence-corrected chi connectivity index (χ0v) is 10.1. The Labute approximate surface area is 101 Å². The van der Waals surface area contributed by atoms with Gasteiger partial charge in [0.05, 0.1) is 17.7 Å². The summed E-state index contributed by atoms with van der Waals surface area (Å²) in [7, 11) is -0.978. The highest BCUT2D eigenvalue weighted by Gasteiger charge is 2.02. The lowest BCUT2D eigenvalue weighted by Gasteiger charge is -2.03. The third-order valence-corrected chi connectivity index (χ3v) is 3.03. The van der Waals surface area contributed by atoms with Gasteiger partial charge in [0.2, 0.25) is 5.88 Å². The third-order valence-electron chi connectivity index (χ3n) is 2.31. The van der Waals surface area contributed by atoms with E-state index in [2.05, 4.69) is 4.98 Å². The van der Waals surface area contributed by atoms with Crippen molar-refractivity contribution < 1.29 is 13.2 Å². The topological polar surface area (TPSA) is 56.3 Å². The number of benzene rings is 1. The fourth-order valence-electron chi connectivity index (χ4n) is 1.44. The molecule has 17 heavy (non-hydrogen) atoms. The van der Waals surface area contributed by atoms with E-state index in [1.54, 1.807) is 37.4 Å². The first-order chi connectivity index (χ1) is 8.20. The van der Waals surface area contributed by atoms with E-state index in [-0.39, 0.29) is 0 Å². The molecule has 0 unspecified atom stereocenters. The summed E-state index contributed by atoms with van der Waals surface area (Å²) in [6, 6.07) is 12.0. The average Bonchev–Trinajstić information content (AvgIpc) is 2.39. The van der Waals surface area contributed by atoms with Gasteiger partial charge in [-0.15, -0.1) is 0 Å². The monoisotopic (exact) mass is 249 g/mol.